The van der Waals surface area contributed by atoms with Gasteiger partial charge in [-0.1, -0.05) is 11.6 Å². The molecule has 0 bridgehead atoms. The molecule has 1 aromatic heterocycles. The van der Waals surface area contributed by atoms with E-state index in [1.54, 1.807) is 4.90 Å². The highest BCUT2D eigenvalue weighted by Crippen LogP contribution is 2.35. The number of thiophene rings is 1. The summed E-state index contributed by atoms with van der Waals surface area (Å²) in [5, 5.41) is 10.0. The lowest BCUT2D eigenvalue weighted by molar-refractivity contribution is 0.0671. The van der Waals surface area contributed by atoms with Crippen LogP contribution in [0, 0.1) is 6.92 Å². The van der Waals surface area contributed by atoms with Gasteiger partial charge in [-0.3, -0.25) is 4.79 Å². The van der Waals surface area contributed by atoms with E-state index >= 15 is 0 Å². The molecule has 0 aliphatic rings. The minimum absolute atomic E-state index is 0.0287. The zero-order valence-corrected chi connectivity index (χ0v) is 12.8. The van der Waals surface area contributed by atoms with Crippen molar-refractivity contribution in [1.29, 1.82) is 0 Å². The average Bonchev–Trinajstić information content (AvgIpc) is 2.72. The van der Waals surface area contributed by atoms with Crippen LogP contribution in [0.25, 0.3) is 10.1 Å². The molecule has 3 N–H and O–H groups in total. The third-order valence-electron chi connectivity index (χ3n) is 3.30. The number of aliphatic hydroxyl groups is 1. The summed E-state index contributed by atoms with van der Waals surface area (Å²) in [6, 6.07) is 6.04. The van der Waals surface area contributed by atoms with E-state index in [2.05, 4.69) is 0 Å². The Morgan fingerprint density at radius 3 is 2.75 bits per heavy atom. The van der Waals surface area contributed by atoms with Crippen molar-refractivity contribution >= 4 is 33.0 Å². The number of fused-ring (bicyclic) bond motifs is 1. The summed E-state index contributed by atoms with van der Waals surface area (Å²) in [7, 11) is 0. The zero-order chi connectivity index (χ0) is 14.9. The number of hydrogen-bond acceptors (Lipinski definition) is 4. The number of carbonyl (C=O) groups is 1. The summed E-state index contributed by atoms with van der Waals surface area (Å²) >= 11 is 1.41. The van der Waals surface area contributed by atoms with E-state index in [-0.39, 0.29) is 18.6 Å². The molecule has 0 saturated heterocycles. The zero-order valence-electron chi connectivity index (χ0n) is 12.0. The summed E-state index contributed by atoms with van der Waals surface area (Å²) in [5.74, 6) is -0.106. The van der Waals surface area contributed by atoms with Crippen LogP contribution < -0.4 is 5.73 Å². The SMILES string of the molecule is Cc1ccc2sc(C(=O)N(CCO)C(C)C)c(N)c2c1. The molecule has 0 aliphatic heterocycles. The Morgan fingerprint density at radius 1 is 1.45 bits per heavy atom. The van der Waals surface area contributed by atoms with Crippen LogP contribution in [0.4, 0.5) is 5.69 Å². The molecule has 0 saturated carbocycles. The number of aliphatic hydroxyl groups excluding tert-OH is 1. The molecule has 0 fully saturated rings. The molecule has 1 aromatic carbocycles. The summed E-state index contributed by atoms with van der Waals surface area (Å²) in [6.07, 6.45) is 0. The van der Waals surface area contributed by atoms with Gasteiger partial charge in [-0.15, -0.1) is 11.3 Å². The molecule has 20 heavy (non-hydrogen) atoms. The summed E-state index contributed by atoms with van der Waals surface area (Å²) in [6.45, 7) is 6.14. The Bertz CT molecular complexity index is 634. The fraction of sp³-hybridized carbons (Fsp3) is 0.400. The van der Waals surface area contributed by atoms with Crippen molar-refractivity contribution in [2.45, 2.75) is 26.8 Å². The van der Waals surface area contributed by atoms with Crippen molar-refractivity contribution in [2.24, 2.45) is 0 Å². The first kappa shape index (κ1) is 14.8. The number of benzene rings is 1. The van der Waals surface area contributed by atoms with Crippen LogP contribution in [0.3, 0.4) is 0 Å². The quantitative estimate of drug-likeness (QED) is 0.910. The topological polar surface area (TPSA) is 66.6 Å². The molecule has 0 unspecified atom stereocenters. The van der Waals surface area contributed by atoms with Crippen LogP contribution in [0.15, 0.2) is 18.2 Å². The molecule has 2 rings (SSSR count). The molecule has 2 aromatic rings. The van der Waals surface area contributed by atoms with Crippen LogP contribution in [0.1, 0.15) is 29.1 Å². The van der Waals surface area contributed by atoms with Crippen LogP contribution in [-0.2, 0) is 0 Å². The Balaban J connectivity index is 2.46. The third kappa shape index (κ3) is 2.64. The second-order valence-corrected chi connectivity index (χ2v) is 6.21. The van der Waals surface area contributed by atoms with E-state index in [0.717, 1.165) is 15.6 Å². The minimum atomic E-state index is -0.106. The monoisotopic (exact) mass is 292 g/mol. The van der Waals surface area contributed by atoms with Crippen LogP contribution >= 0.6 is 11.3 Å². The molecule has 1 heterocycles. The van der Waals surface area contributed by atoms with Gasteiger partial charge in [0.2, 0.25) is 0 Å². The summed E-state index contributed by atoms with van der Waals surface area (Å²) in [5.41, 5.74) is 7.81. The van der Waals surface area contributed by atoms with E-state index in [1.165, 1.54) is 11.3 Å². The Hall–Kier alpha value is -1.59. The van der Waals surface area contributed by atoms with Gasteiger partial charge in [0.1, 0.15) is 4.88 Å². The first-order valence-electron chi connectivity index (χ1n) is 6.66. The Labute approximate surface area is 122 Å². The van der Waals surface area contributed by atoms with Gasteiger partial charge in [0.05, 0.1) is 12.3 Å². The van der Waals surface area contributed by atoms with Gasteiger partial charge >= 0.3 is 0 Å². The molecule has 0 atom stereocenters. The second-order valence-electron chi connectivity index (χ2n) is 5.16. The van der Waals surface area contributed by atoms with Gasteiger partial charge < -0.3 is 15.7 Å². The van der Waals surface area contributed by atoms with E-state index in [1.807, 2.05) is 39.0 Å². The molecular formula is C15H20N2O2S. The van der Waals surface area contributed by atoms with Crippen molar-refractivity contribution in [1.82, 2.24) is 4.90 Å². The molecule has 0 radical (unpaired) electrons. The van der Waals surface area contributed by atoms with Gasteiger partial charge in [0.25, 0.3) is 5.91 Å². The third-order valence-corrected chi connectivity index (χ3v) is 4.48. The molecule has 0 spiro atoms. The standard InChI is InChI=1S/C15H20N2O2S/c1-9(2)17(6-7-18)15(19)14-13(16)11-8-10(3)4-5-12(11)20-14/h4-5,8-9,18H,6-7,16H2,1-3H3. The highest BCUT2D eigenvalue weighted by atomic mass is 32.1. The van der Waals surface area contributed by atoms with Crippen molar-refractivity contribution in [3.8, 4) is 0 Å². The van der Waals surface area contributed by atoms with Gasteiger partial charge in [-0.2, -0.15) is 0 Å². The normalized spacial score (nSPS) is 11.2. The largest absolute Gasteiger partial charge is 0.397 e. The second kappa shape index (κ2) is 5.81. The molecule has 1 amide bonds. The minimum Gasteiger partial charge on any atom is -0.397 e. The van der Waals surface area contributed by atoms with Gasteiger partial charge in [0.15, 0.2) is 0 Å². The highest BCUT2D eigenvalue weighted by Gasteiger charge is 2.23. The number of nitrogen functional groups attached to an aromatic ring is 1. The highest BCUT2D eigenvalue weighted by molar-refractivity contribution is 7.21. The maximum Gasteiger partial charge on any atom is 0.266 e. The number of hydrogen-bond donors (Lipinski definition) is 2. The van der Waals surface area contributed by atoms with Crippen molar-refractivity contribution in [2.75, 3.05) is 18.9 Å². The lowest BCUT2D eigenvalue weighted by atomic mass is 10.1. The van der Waals surface area contributed by atoms with Crippen molar-refractivity contribution in [3.63, 3.8) is 0 Å². The van der Waals surface area contributed by atoms with Gasteiger partial charge in [-0.05, 0) is 32.9 Å². The van der Waals surface area contributed by atoms with E-state index < -0.39 is 0 Å². The van der Waals surface area contributed by atoms with Gasteiger partial charge in [-0.25, -0.2) is 0 Å². The van der Waals surface area contributed by atoms with Gasteiger partial charge in [0, 0.05) is 22.7 Å². The van der Waals surface area contributed by atoms with Crippen LogP contribution in [0.5, 0.6) is 0 Å². The Morgan fingerprint density at radius 2 is 2.15 bits per heavy atom. The Kier molecular flexibility index (Phi) is 4.30. The molecule has 5 heteroatoms. The number of nitrogens with two attached hydrogens (primary N) is 1. The molecular weight excluding hydrogens is 272 g/mol. The first-order chi connectivity index (χ1) is 9.45. The van der Waals surface area contributed by atoms with Crippen molar-refractivity contribution in [3.05, 3.63) is 28.6 Å². The molecule has 0 aliphatic carbocycles. The number of rotatable bonds is 4. The maximum absolute atomic E-state index is 12.6. The van der Waals surface area contributed by atoms with Crippen LogP contribution in [0.2, 0.25) is 0 Å². The lowest BCUT2D eigenvalue weighted by Crippen LogP contribution is -2.38. The predicted octanol–water partition coefficient (Wildman–Crippen LogP) is 2.63. The number of nitrogens with zero attached hydrogens (tertiary/aromatic N) is 1. The molecule has 108 valence electrons. The van der Waals surface area contributed by atoms with E-state index in [9.17, 15) is 4.79 Å². The van der Waals surface area contributed by atoms with E-state index in [4.69, 9.17) is 10.8 Å². The van der Waals surface area contributed by atoms with Crippen molar-refractivity contribution < 1.29 is 9.90 Å². The van der Waals surface area contributed by atoms with Crippen LogP contribution in [-0.4, -0.2) is 35.1 Å². The fourth-order valence-electron chi connectivity index (χ4n) is 2.22. The number of aryl methyl sites for hydroxylation is 1. The molecule has 4 nitrogen and oxygen atoms in total. The fourth-order valence-corrected chi connectivity index (χ4v) is 3.28. The predicted molar refractivity (Wildman–Crippen MR) is 84.2 cm³/mol. The number of amides is 1. The average molecular weight is 292 g/mol. The summed E-state index contributed by atoms with van der Waals surface area (Å²) in [4.78, 5) is 14.8. The number of carbonyl (C=O) groups excluding carboxylic acids is 1. The number of anilines is 1. The lowest BCUT2D eigenvalue weighted by Gasteiger charge is -2.25. The maximum atomic E-state index is 12.6. The van der Waals surface area contributed by atoms with E-state index in [0.29, 0.717) is 17.1 Å². The first-order valence-corrected chi connectivity index (χ1v) is 7.47. The summed E-state index contributed by atoms with van der Waals surface area (Å²) < 4.78 is 1.02. The smallest absolute Gasteiger partial charge is 0.266 e.